The van der Waals surface area contributed by atoms with E-state index in [0.717, 1.165) is 0 Å². The van der Waals surface area contributed by atoms with Crippen molar-refractivity contribution < 1.29 is 8.78 Å². The fraction of sp³-hybridized carbons (Fsp3) is 0.0500. The molecule has 3 heterocycles. The molecule has 0 bridgehead atoms. The smallest absolute Gasteiger partial charge is 0.189 e. The van der Waals surface area contributed by atoms with Gasteiger partial charge in [0.2, 0.25) is 0 Å². The lowest BCUT2D eigenvalue weighted by Crippen LogP contribution is -2.12. The molecule has 0 radical (unpaired) electrons. The second kappa shape index (κ2) is 7.33. The highest BCUT2D eigenvalue weighted by Gasteiger charge is 2.31. The fourth-order valence-corrected chi connectivity index (χ4v) is 4.12. The molecular weight excluding hydrogens is 478 g/mol. The van der Waals surface area contributed by atoms with Crippen molar-refractivity contribution in [1.82, 2.24) is 25.0 Å². The van der Waals surface area contributed by atoms with Gasteiger partial charge in [0, 0.05) is 11.8 Å². The molecule has 2 aromatic carbocycles. The van der Waals surface area contributed by atoms with Crippen LogP contribution in [0, 0.1) is 11.6 Å². The summed E-state index contributed by atoms with van der Waals surface area (Å²) in [5.74, 6) is -0.681. The normalized spacial score (nSPS) is 15.2. The molecule has 1 unspecified atom stereocenters. The predicted molar refractivity (Wildman–Crippen MR) is 111 cm³/mol. The number of aliphatic imine (C=N–C) groups is 1. The van der Waals surface area contributed by atoms with Gasteiger partial charge in [-0.2, -0.15) is 5.10 Å². The molecule has 4 aromatic rings. The number of benzene rings is 2. The Balaban J connectivity index is 1.85. The summed E-state index contributed by atoms with van der Waals surface area (Å²) in [6, 6.07) is 12.2. The van der Waals surface area contributed by atoms with Crippen molar-refractivity contribution in [2.45, 2.75) is 4.95 Å². The number of aromatic nitrogens is 5. The van der Waals surface area contributed by atoms with Crippen LogP contribution in [-0.4, -0.2) is 30.7 Å². The Bertz CT molecular complexity index is 1290. The van der Waals surface area contributed by atoms with E-state index in [1.807, 2.05) is 0 Å². The lowest BCUT2D eigenvalue weighted by molar-refractivity contribution is 0.579. The van der Waals surface area contributed by atoms with Crippen LogP contribution in [0.1, 0.15) is 21.9 Å². The molecule has 1 aliphatic heterocycles. The predicted octanol–water partition coefficient (Wildman–Crippen LogP) is 4.90. The Morgan fingerprint density at radius 3 is 2.40 bits per heavy atom. The molecule has 30 heavy (non-hydrogen) atoms. The highest BCUT2D eigenvalue weighted by molar-refractivity contribution is 9.09. The molecule has 1 atom stereocenters. The summed E-state index contributed by atoms with van der Waals surface area (Å²) in [6.07, 6.45) is 1.55. The minimum absolute atomic E-state index is 0.0728. The van der Waals surface area contributed by atoms with Crippen LogP contribution in [0.2, 0.25) is 5.02 Å². The molecule has 0 saturated heterocycles. The first-order valence-electron chi connectivity index (χ1n) is 8.75. The molecule has 0 saturated carbocycles. The minimum atomic E-state index is -0.744. The van der Waals surface area contributed by atoms with E-state index >= 15 is 0 Å². The van der Waals surface area contributed by atoms with Crippen LogP contribution < -0.4 is 0 Å². The molecule has 0 fully saturated rings. The number of hydrogen-bond acceptors (Lipinski definition) is 5. The second-order valence-corrected chi connectivity index (χ2v) is 7.64. The zero-order valence-electron chi connectivity index (χ0n) is 15.0. The summed E-state index contributed by atoms with van der Waals surface area (Å²) >= 11 is 9.98. The van der Waals surface area contributed by atoms with E-state index < -0.39 is 16.6 Å². The lowest BCUT2D eigenvalue weighted by atomic mass is 9.99. The maximum atomic E-state index is 14.7. The third-order valence-electron chi connectivity index (χ3n) is 4.61. The molecule has 2 aromatic heterocycles. The van der Waals surface area contributed by atoms with Gasteiger partial charge in [-0.05, 0) is 36.4 Å². The molecule has 0 N–H and O–H groups in total. The minimum Gasteiger partial charge on any atom is -0.274 e. The highest BCUT2D eigenvalue weighted by atomic mass is 79.9. The molecular formula is C20H10BrClF2N6. The Kier molecular flexibility index (Phi) is 4.63. The summed E-state index contributed by atoms with van der Waals surface area (Å²) in [7, 11) is 0. The van der Waals surface area contributed by atoms with Gasteiger partial charge >= 0.3 is 0 Å². The van der Waals surface area contributed by atoms with Crippen LogP contribution in [0.5, 0.6) is 0 Å². The summed E-state index contributed by atoms with van der Waals surface area (Å²) in [6.45, 7) is 0. The van der Waals surface area contributed by atoms with Crippen LogP contribution in [0.25, 0.3) is 17.2 Å². The van der Waals surface area contributed by atoms with Crippen LogP contribution >= 0.6 is 27.5 Å². The summed E-state index contributed by atoms with van der Waals surface area (Å²) in [4.78, 5) is 3.79. The largest absolute Gasteiger partial charge is 0.274 e. The van der Waals surface area contributed by atoms with Crippen LogP contribution in [-0.2, 0) is 0 Å². The van der Waals surface area contributed by atoms with E-state index in [0.29, 0.717) is 28.6 Å². The number of halogens is 4. The summed E-state index contributed by atoms with van der Waals surface area (Å²) in [5.41, 5.74) is 1.16. The van der Waals surface area contributed by atoms with Gasteiger partial charge in [-0.1, -0.05) is 39.7 Å². The first-order chi connectivity index (χ1) is 14.6. The Morgan fingerprint density at radius 1 is 0.900 bits per heavy atom. The molecule has 1 aliphatic rings. The van der Waals surface area contributed by atoms with Crippen molar-refractivity contribution in [3.63, 3.8) is 0 Å². The van der Waals surface area contributed by atoms with Crippen molar-refractivity contribution in [1.29, 1.82) is 0 Å². The zero-order chi connectivity index (χ0) is 20.8. The topological polar surface area (TPSA) is 68.8 Å². The van der Waals surface area contributed by atoms with Crippen molar-refractivity contribution >= 4 is 33.2 Å². The molecule has 5 rings (SSSR count). The van der Waals surface area contributed by atoms with E-state index in [4.69, 9.17) is 11.6 Å². The van der Waals surface area contributed by atoms with Crippen LogP contribution in [0.15, 0.2) is 59.7 Å². The average Bonchev–Trinajstić information content (AvgIpc) is 3.14. The van der Waals surface area contributed by atoms with Crippen molar-refractivity contribution in [2.24, 2.45) is 4.99 Å². The maximum Gasteiger partial charge on any atom is 0.189 e. The van der Waals surface area contributed by atoms with Gasteiger partial charge < -0.3 is 0 Å². The van der Waals surface area contributed by atoms with Crippen LogP contribution in [0.4, 0.5) is 8.78 Å². The van der Waals surface area contributed by atoms with Gasteiger partial charge in [0.15, 0.2) is 16.6 Å². The molecule has 0 amide bonds. The molecule has 148 valence electrons. The third kappa shape index (κ3) is 2.93. The van der Waals surface area contributed by atoms with Gasteiger partial charge in [-0.3, -0.25) is 9.56 Å². The maximum absolute atomic E-state index is 14.7. The van der Waals surface area contributed by atoms with Gasteiger partial charge in [-0.25, -0.2) is 8.78 Å². The van der Waals surface area contributed by atoms with E-state index in [-0.39, 0.29) is 16.3 Å². The van der Waals surface area contributed by atoms with Crippen molar-refractivity contribution in [3.8, 4) is 17.2 Å². The first-order valence-corrected chi connectivity index (χ1v) is 10.0. The molecule has 0 spiro atoms. The fourth-order valence-electron chi connectivity index (χ4n) is 3.36. The molecule has 0 aliphatic carbocycles. The van der Waals surface area contributed by atoms with Crippen molar-refractivity contribution in [2.75, 3.05) is 0 Å². The Morgan fingerprint density at radius 2 is 1.67 bits per heavy atom. The highest BCUT2D eigenvalue weighted by Crippen LogP contribution is 2.38. The number of fused-ring (bicyclic) bond motifs is 3. The number of nitrogens with zero attached hydrogens (tertiary/aromatic N) is 6. The Labute approximate surface area is 182 Å². The first kappa shape index (κ1) is 19.0. The van der Waals surface area contributed by atoms with Gasteiger partial charge in [0.05, 0.1) is 22.0 Å². The summed E-state index contributed by atoms with van der Waals surface area (Å²) in [5, 5.41) is 16.8. The lowest BCUT2D eigenvalue weighted by Gasteiger charge is -2.15. The molecule has 10 heteroatoms. The van der Waals surface area contributed by atoms with Gasteiger partial charge in [-0.15, -0.1) is 15.3 Å². The van der Waals surface area contributed by atoms with Crippen LogP contribution in [0.3, 0.4) is 0 Å². The average molecular weight is 488 g/mol. The number of alkyl halides is 1. The third-order valence-corrected chi connectivity index (χ3v) is 5.54. The second-order valence-electron chi connectivity index (χ2n) is 6.37. The van der Waals surface area contributed by atoms with E-state index in [9.17, 15) is 8.78 Å². The van der Waals surface area contributed by atoms with Gasteiger partial charge in [0.25, 0.3) is 0 Å². The zero-order valence-corrected chi connectivity index (χ0v) is 17.3. The van der Waals surface area contributed by atoms with E-state index in [1.54, 1.807) is 41.1 Å². The Hall–Kier alpha value is -3.04. The molecule has 6 nitrogen and oxygen atoms in total. The monoisotopic (exact) mass is 486 g/mol. The number of hydrogen-bond donors (Lipinski definition) is 0. The SMILES string of the molecule is Fc1cccc(F)c1C1=NC(Br)c2nnc(-c3cccnn3)n2-c2cccc(Cl)c21. The van der Waals surface area contributed by atoms with E-state index in [2.05, 4.69) is 41.3 Å². The quantitative estimate of drug-likeness (QED) is 0.298. The standard InChI is InChI=1S/C20H10BrClF2N6/c21-18-20-29-28-19(13-7-3-9-25-27-13)30(20)14-8-1-4-10(22)15(14)17(26-18)16-11(23)5-2-6-12(16)24/h1-9,18H. The summed E-state index contributed by atoms with van der Waals surface area (Å²) < 4.78 is 31.1. The van der Waals surface area contributed by atoms with E-state index in [1.165, 1.54) is 18.2 Å². The number of rotatable bonds is 2. The van der Waals surface area contributed by atoms with Gasteiger partial charge in [0.1, 0.15) is 17.3 Å². The van der Waals surface area contributed by atoms with Crippen molar-refractivity contribution in [3.05, 3.63) is 88.3 Å².